The Hall–Kier alpha value is -1.09. The van der Waals surface area contributed by atoms with Crippen molar-refractivity contribution in [3.63, 3.8) is 0 Å². The van der Waals surface area contributed by atoms with Crippen molar-refractivity contribution in [2.45, 2.75) is 33.4 Å². The van der Waals surface area contributed by atoms with E-state index in [0.717, 1.165) is 17.9 Å². The van der Waals surface area contributed by atoms with Crippen molar-refractivity contribution < 1.29 is 0 Å². The molecule has 1 aromatic rings. The molecule has 0 fully saturated rings. The first-order valence-electron chi connectivity index (χ1n) is 5.41. The maximum Gasteiger partial charge on any atom is 0.0545 e. The molecular formula is C12H21N3. The number of aromatic nitrogens is 1. The summed E-state index contributed by atoms with van der Waals surface area (Å²) in [6.07, 6.45) is 1.71. The summed E-state index contributed by atoms with van der Waals surface area (Å²) in [6.45, 7) is 7.58. The van der Waals surface area contributed by atoms with Crippen LogP contribution in [0, 0.1) is 5.92 Å². The molecule has 1 atom stereocenters. The van der Waals surface area contributed by atoms with E-state index in [1.807, 2.05) is 12.1 Å². The van der Waals surface area contributed by atoms with Crippen molar-refractivity contribution in [1.29, 1.82) is 0 Å². The third-order valence-corrected chi connectivity index (χ3v) is 2.92. The van der Waals surface area contributed by atoms with Crippen LogP contribution in [-0.4, -0.2) is 23.0 Å². The van der Waals surface area contributed by atoms with Gasteiger partial charge in [0.15, 0.2) is 0 Å². The van der Waals surface area contributed by atoms with Crippen molar-refractivity contribution in [3.8, 4) is 0 Å². The predicted octanol–water partition coefficient (Wildman–Crippen LogP) is 2.14. The quantitative estimate of drug-likeness (QED) is 0.822. The predicted molar refractivity (Wildman–Crippen MR) is 64.4 cm³/mol. The van der Waals surface area contributed by atoms with Crippen molar-refractivity contribution in [2.24, 2.45) is 5.92 Å². The topological polar surface area (TPSA) is 42.1 Å². The van der Waals surface area contributed by atoms with Crippen LogP contribution in [-0.2, 0) is 6.54 Å². The minimum absolute atomic E-state index is 0.560. The van der Waals surface area contributed by atoms with Gasteiger partial charge < -0.3 is 5.73 Å². The lowest BCUT2D eigenvalue weighted by molar-refractivity contribution is 0.198. The van der Waals surface area contributed by atoms with Gasteiger partial charge in [-0.3, -0.25) is 9.88 Å². The monoisotopic (exact) mass is 207 g/mol. The number of nitrogen functional groups attached to an aromatic ring is 1. The SMILES string of the molecule is CC(C)C(C)N(C)Cc1ccc(N)cn1. The molecule has 0 radical (unpaired) electrons. The van der Waals surface area contributed by atoms with E-state index >= 15 is 0 Å². The molecule has 0 bridgehead atoms. The van der Waals surface area contributed by atoms with Gasteiger partial charge in [0.2, 0.25) is 0 Å². The van der Waals surface area contributed by atoms with Gasteiger partial charge in [-0.05, 0) is 32.0 Å². The van der Waals surface area contributed by atoms with E-state index < -0.39 is 0 Å². The van der Waals surface area contributed by atoms with Crippen molar-refractivity contribution in [2.75, 3.05) is 12.8 Å². The Morgan fingerprint density at radius 1 is 1.33 bits per heavy atom. The van der Waals surface area contributed by atoms with Gasteiger partial charge in [-0.2, -0.15) is 0 Å². The lowest BCUT2D eigenvalue weighted by atomic mass is 10.1. The Morgan fingerprint density at radius 2 is 2.00 bits per heavy atom. The summed E-state index contributed by atoms with van der Waals surface area (Å²) < 4.78 is 0. The molecule has 1 unspecified atom stereocenters. The zero-order valence-corrected chi connectivity index (χ0v) is 10.1. The summed E-state index contributed by atoms with van der Waals surface area (Å²) in [5.41, 5.74) is 7.38. The Balaban J connectivity index is 2.58. The van der Waals surface area contributed by atoms with E-state index in [1.54, 1.807) is 6.20 Å². The number of nitrogens with zero attached hydrogens (tertiary/aromatic N) is 2. The highest BCUT2D eigenvalue weighted by molar-refractivity contribution is 5.34. The van der Waals surface area contributed by atoms with Gasteiger partial charge in [0.25, 0.3) is 0 Å². The largest absolute Gasteiger partial charge is 0.397 e. The molecular weight excluding hydrogens is 186 g/mol. The van der Waals surface area contributed by atoms with Crippen LogP contribution < -0.4 is 5.73 Å². The fourth-order valence-corrected chi connectivity index (χ4v) is 1.44. The molecule has 0 saturated carbocycles. The third-order valence-electron chi connectivity index (χ3n) is 2.92. The maximum atomic E-state index is 5.59. The van der Waals surface area contributed by atoms with Gasteiger partial charge in [0.05, 0.1) is 17.6 Å². The standard InChI is InChI=1S/C12H21N3/c1-9(2)10(3)15(4)8-12-6-5-11(13)7-14-12/h5-7,9-10H,8,13H2,1-4H3. The fourth-order valence-electron chi connectivity index (χ4n) is 1.44. The smallest absolute Gasteiger partial charge is 0.0545 e. The van der Waals surface area contributed by atoms with Crippen LogP contribution in [0.3, 0.4) is 0 Å². The lowest BCUT2D eigenvalue weighted by Crippen LogP contribution is -2.32. The number of hydrogen-bond acceptors (Lipinski definition) is 3. The van der Waals surface area contributed by atoms with Crippen molar-refractivity contribution >= 4 is 5.69 Å². The fraction of sp³-hybridized carbons (Fsp3) is 0.583. The first-order chi connectivity index (χ1) is 7.00. The number of hydrogen-bond donors (Lipinski definition) is 1. The highest BCUT2D eigenvalue weighted by Gasteiger charge is 2.13. The molecule has 0 aliphatic rings. The molecule has 0 aromatic carbocycles. The minimum Gasteiger partial charge on any atom is -0.397 e. The maximum absolute atomic E-state index is 5.59. The Bertz CT molecular complexity index is 292. The van der Waals surface area contributed by atoms with E-state index in [0.29, 0.717) is 12.0 Å². The molecule has 0 aliphatic heterocycles. The van der Waals surface area contributed by atoms with E-state index in [-0.39, 0.29) is 0 Å². The van der Waals surface area contributed by atoms with Crippen LogP contribution in [0.15, 0.2) is 18.3 Å². The third kappa shape index (κ3) is 3.51. The first-order valence-corrected chi connectivity index (χ1v) is 5.41. The normalized spacial score (nSPS) is 13.5. The summed E-state index contributed by atoms with van der Waals surface area (Å²) in [4.78, 5) is 6.60. The Labute approximate surface area is 92.3 Å². The van der Waals surface area contributed by atoms with E-state index in [2.05, 4.69) is 37.7 Å². The average molecular weight is 207 g/mol. The van der Waals surface area contributed by atoms with Gasteiger partial charge in [-0.1, -0.05) is 13.8 Å². The van der Waals surface area contributed by atoms with Crippen LogP contribution in [0.4, 0.5) is 5.69 Å². The Morgan fingerprint density at radius 3 is 2.47 bits per heavy atom. The van der Waals surface area contributed by atoms with Crippen molar-refractivity contribution in [1.82, 2.24) is 9.88 Å². The second-order valence-electron chi connectivity index (χ2n) is 4.48. The molecule has 3 heteroatoms. The summed E-state index contributed by atoms with van der Waals surface area (Å²) >= 11 is 0. The zero-order chi connectivity index (χ0) is 11.4. The summed E-state index contributed by atoms with van der Waals surface area (Å²) in [6, 6.07) is 4.44. The molecule has 1 aromatic heterocycles. The van der Waals surface area contributed by atoms with Crippen LogP contribution >= 0.6 is 0 Å². The molecule has 84 valence electrons. The highest BCUT2D eigenvalue weighted by atomic mass is 15.1. The average Bonchev–Trinajstić information content (AvgIpc) is 2.20. The number of pyridine rings is 1. The highest BCUT2D eigenvalue weighted by Crippen LogP contribution is 2.11. The zero-order valence-electron chi connectivity index (χ0n) is 10.1. The number of anilines is 1. The Kier molecular flexibility index (Phi) is 4.09. The first kappa shape index (κ1) is 12.0. The van der Waals surface area contributed by atoms with Gasteiger partial charge >= 0.3 is 0 Å². The van der Waals surface area contributed by atoms with Crippen LogP contribution in [0.2, 0.25) is 0 Å². The number of rotatable bonds is 4. The lowest BCUT2D eigenvalue weighted by Gasteiger charge is -2.27. The molecule has 15 heavy (non-hydrogen) atoms. The van der Waals surface area contributed by atoms with E-state index in [4.69, 9.17) is 5.73 Å². The van der Waals surface area contributed by atoms with Gasteiger partial charge in [0, 0.05) is 12.6 Å². The molecule has 0 aliphatic carbocycles. The van der Waals surface area contributed by atoms with Crippen LogP contribution in [0.5, 0.6) is 0 Å². The summed E-state index contributed by atoms with van der Waals surface area (Å²) in [7, 11) is 2.13. The van der Waals surface area contributed by atoms with Gasteiger partial charge in [0.1, 0.15) is 0 Å². The van der Waals surface area contributed by atoms with E-state index in [1.165, 1.54) is 0 Å². The minimum atomic E-state index is 0.560. The second-order valence-corrected chi connectivity index (χ2v) is 4.48. The second kappa shape index (κ2) is 5.12. The number of nitrogens with two attached hydrogens (primary N) is 1. The van der Waals surface area contributed by atoms with Crippen molar-refractivity contribution in [3.05, 3.63) is 24.0 Å². The van der Waals surface area contributed by atoms with Crippen LogP contribution in [0.1, 0.15) is 26.5 Å². The molecule has 0 saturated heterocycles. The van der Waals surface area contributed by atoms with Gasteiger partial charge in [-0.15, -0.1) is 0 Å². The van der Waals surface area contributed by atoms with Gasteiger partial charge in [-0.25, -0.2) is 0 Å². The summed E-state index contributed by atoms with van der Waals surface area (Å²) in [5, 5.41) is 0. The molecule has 2 N–H and O–H groups in total. The summed E-state index contributed by atoms with van der Waals surface area (Å²) in [5.74, 6) is 0.656. The van der Waals surface area contributed by atoms with Crippen LogP contribution in [0.25, 0.3) is 0 Å². The van der Waals surface area contributed by atoms with E-state index in [9.17, 15) is 0 Å². The molecule has 1 rings (SSSR count). The molecule has 0 spiro atoms. The molecule has 1 heterocycles. The molecule has 3 nitrogen and oxygen atoms in total. The molecule has 0 amide bonds.